The van der Waals surface area contributed by atoms with Gasteiger partial charge in [-0.25, -0.2) is 4.98 Å². The number of halogens is 1. The highest BCUT2D eigenvalue weighted by Gasteiger charge is 2.11. The van der Waals surface area contributed by atoms with Crippen molar-refractivity contribution in [2.75, 3.05) is 5.32 Å². The molecule has 0 saturated heterocycles. The van der Waals surface area contributed by atoms with E-state index in [0.29, 0.717) is 10.8 Å². The summed E-state index contributed by atoms with van der Waals surface area (Å²) in [5.41, 5.74) is 5.88. The molecule has 0 amide bonds. The Balaban J connectivity index is 1.38. The van der Waals surface area contributed by atoms with Crippen molar-refractivity contribution >= 4 is 44.1 Å². The van der Waals surface area contributed by atoms with Crippen LogP contribution in [0.1, 0.15) is 24.0 Å². The van der Waals surface area contributed by atoms with Gasteiger partial charge in [-0.3, -0.25) is 0 Å². The largest absolute Gasteiger partial charge is 0.315 e. The molecule has 1 aliphatic carbocycles. The van der Waals surface area contributed by atoms with E-state index >= 15 is 0 Å². The molecule has 0 radical (unpaired) electrons. The molecule has 2 heterocycles. The van der Waals surface area contributed by atoms with Gasteiger partial charge in [0.25, 0.3) is 0 Å². The van der Waals surface area contributed by atoms with Gasteiger partial charge in [0, 0.05) is 10.6 Å². The molecule has 0 spiro atoms. The third-order valence-corrected chi connectivity index (χ3v) is 6.06. The maximum Gasteiger partial charge on any atom is 0.189 e. The number of benzene rings is 2. The molecule has 134 valence electrons. The van der Waals surface area contributed by atoms with Gasteiger partial charge in [-0.2, -0.15) is 0 Å². The molecule has 2 aromatic carbocycles. The second-order valence-corrected chi connectivity index (χ2v) is 8.22. The first-order valence-corrected chi connectivity index (χ1v) is 10.2. The number of hydrogen-bond donors (Lipinski definition) is 1. The summed E-state index contributed by atoms with van der Waals surface area (Å²) in [6.45, 7) is 0. The third kappa shape index (κ3) is 3.40. The molecule has 1 aliphatic rings. The lowest BCUT2D eigenvalue weighted by Gasteiger charge is -2.16. The SMILES string of the molecule is Clc1ccc2nc(Nc3ccc(-c4ccc5c(c4)CCCC5)nn3)sc2c1. The standard InChI is InChI=1S/C21H17ClN4S/c22-16-7-8-18-19(12-16)27-21(23-18)24-20-10-9-17(25-26-20)15-6-5-13-3-1-2-4-14(13)11-15/h5-12H,1-4H2,(H,23,24,26). The summed E-state index contributed by atoms with van der Waals surface area (Å²) in [5, 5.41) is 13.5. The van der Waals surface area contributed by atoms with Crippen molar-refractivity contribution in [3.63, 3.8) is 0 Å². The molecule has 5 rings (SSSR count). The van der Waals surface area contributed by atoms with E-state index in [1.807, 2.05) is 30.3 Å². The van der Waals surface area contributed by atoms with Crippen molar-refractivity contribution in [1.82, 2.24) is 15.2 Å². The van der Waals surface area contributed by atoms with Crippen LogP contribution >= 0.6 is 22.9 Å². The van der Waals surface area contributed by atoms with E-state index in [-0.39, 0.29) is 0 Å². The summed E-state index contributed by atoms with van der Waals surface area (Å²) in [6.07, 6.45) is 4.93. The highest BCUT2D eigenvalue weighted by Crippen LogP contribution is 2.30. The monoisotopic (exact) mass is 392 g/mol. The number of thiazole rings is 1. The normalized spacial score (nSPS) is 13.5. The molecule has 0 saturated carbocycles. The molecular weight excluding hydrogens is 376 g/mol. The van der Waals surface area contributed by atoms with Crippen molar-refractivity contribution in [3.8, 4) is 11.3 Å². The number of fused-ring (bicyclic) bond motifs is 2. The minimum Gasteiger partial charge on any atom is -0.315 e. The Hall–Kier alpha value is -2.50. The van der Waals surface area contributed by atoms with E-state index in [2.05, 4.69) is 38.7 Å². The Morgan fingerprint density at radius 2 is 1.78 bits per heavy atom. The van der Waals surface area contributed by atoms with Gasteiger partial charge in [-0.1, -0.05) is 35.1 Å². The van der Waals surface area contributed by atoms with Crippen LogP contribution in [0.15, 0.2) is 48.5 Å². The Kier molecular flexibility index (Phi) is 4.26. The third-order valence-electron chi connectivity index (χ3n) is 4.89. The smallest absolute Gasteiger partial charge is 0.189 e. The summed E-state index contributed by atoms with van der Waals surface area (Å²) in [7, 11) is 0. The molecule has 0 aliphatic heterocycles. The molecular formula is C21H17ClN4S. The van der Waals surface area contributed by atoms with Crippen LogP contribution in [-0.2, 0) is 12.8 Å². The van der Waals surface area contributed by atoms with Crippen molar-refractivity contribution in [1.29, 1.82) is 0 Å². The van der Waals surface area contributed by atoms with E-state index < -0.39 is 0 Å². The van der Waals surface area contributed by atoms with Gasteiger partial charge in [0.05, 0.1) is 15.9 Å². The molecule has 4 aromatic rings. The lowest BCUT2D eigenvalue weighted by Crippen LogP contribution is -2.02. The van der Waals surface area contributed by atoms with E-state index in [0.717, 1.165) is 33.0 Å². The fourth-order valence-corrected chi connectivity index (χ4v) is 4.66. The molecule has 6 heteroatoms. The Bertz CT molecular complexity index is 1120. The first-order chi connectivity index (χ1) is 13.2. The number of aryl methyl sites for hydroxylation is 2. The highest BCUT2D eigenvalue weighted by molar-refractivity contribution is 7.22. The summed E-state index contributed by atoms with van der Waals surface area (Å²) >= 11 is 7.59. The Labute approximate surface area is 166 Å². The molecule has 1 N–H and O–H groups in total. The first kappa shape index (κ1) is 16.7. The van der Waals surface area contributed by atoms with Gasteiger partial charge in [0.2, 0.25) is 0 Å². The van der Waals surface area contributed by atoms with Crippen LogP contribution in [0.2, 0.25) is 5.02 Å². The second kappa shape index (κ2) is 6.91. The molecule has 2 aromatic heterocycles. The van der Waals surface area contributed by atoms with E-state index in [4.69, 9.17) is 11.6 Å². The van der Waals surface area contributed by atoms with Gasteiger partial charge in [-0.05, 0) is 73.2 Å². The zero-order valence-corrected chi connectivity index (χ0v) is 16.1. The van der Waals surface area contributed by atoms with E-state index in [1.54, 1.807) is 11.3 Å². The summed E-state index contributed by atoms with van der Waals surface area (Å²) < 4.78 is 1.05. The average Bonchev–Trinajstić information content (AvgIpc) is 3.09. The number of anilines is 2. The number of nitrogens with one attached hydrogen (secondary N) is 1. The Morgan fingerprint density at radius 3 is 2.63 bits per heavy atom. The number of hydrogen-bond acceptors (Lipinski definition) is 5. The summed E-state index contributed by atoms with van der Waals surface area (Å²) in [4.78, 5) is 4.56. The zero-order valence-electron chi connectivity index (χ0n) is 14.6. The van der Waals surface area contributed by atoms with Gasteiger partial charge in [0.1, 0.15) is 0 Å². The molecule has 0 fully saturated rings. The molecule has 0 atom stereocenters. The number of rotatable bonds is 3. The number of aromatic nitrogens is 3. The second-order valence-electron chi connectivity index (χ2n) is 6.75. The predicted octanol–water partition coefficient (Wildman–Crippen LogP) is 6.03. The van der Waals surface area contributed by atoms with Crippen LogP contribution in [0.3, 0.4) is 0 Å². The molecule has 0 unspecified atom stereocenters. The lowest BCUT2D eigenvalue weighted by molar-refractivity contribution is 0.686. The van der Waals surface area contributed by atoms with Gasteiger partial charge < -0.3 is 5.32 Å². The van der Waals surface area contributed by atoms with Crippen molar-refractivity contribution in [2.24, 2.45) is 0 Å². The molecule has 0 bridgehead atoms. The fraction of sp³-hybridized carbons (Fsp3) is 0.190. The van der Waals surface area contributed by atoms with Crippen molar-refractivity contribution in [3.05, 3.63) is 64.7 Å². The predicted molar refractivity (Wildman–Crippen MR) is 112 cm³/mol. The van der Waals surface area contributed by atoms with Crippen molar-refractivity contribution < 1.29 is 0 Å². The number of nitrogens with zero attached hydrogens (tertiary/aromatic N) is 3. The van der Waals surface area contributed by atoms with E-state index in [9.17, 15) is 0 Å². The van der Waals surface area contributed by atoms with Crippen LogP contribution < -0.4 is 5.32 Å². The lowest BCUT2D eigenvalue weighted by atomic mass is 9.90. The Morgan fingerprint density at radius 1 is 0.889 bits per heavy atom. The van der Waals surface area contributed by atoms with Gasteiger partial charge in [0.15, 0.2) is 10.9 Å². The minimum atomic E-state index is 0.682. The maximum atomic E-state index is 6.04. The van der Waals surface area contributed by atoms with Crippen molar-refractivity contribution in [2.45, 2.75) is 25.7 Å². The minimum absolute atomic E-state index is 0.682. The zero-order chi connectivity index (χ0) is 18.2. The average molecular weight is 393 g/mol. The van der Waals surface area contributed by atoms with E-state index in [1.165, 1.54) is 30.4 Å². The molecule has 27 heavy (non-hydrogen) atoms. The highest BCUT2D eigenvalue weighted by atomic mass is 35.5. The summed E-state index contributed by atoms with van der Waals surface area (Å²) in [5.74, 6) is 0.682. The van der Waals surface area contributed by atoms with Crippen LogP contribution in [0, 0.1) is 0 Å². The molecule has 4 nitrogen and oxygen atoms in total. The summed E-state index contributed by atoms with van der Waals surface area (Å²) in [6, 6.07) is 16.3. The van der Waals surface area contributed by atoms with Gasteiger partial charge in [-0.15, -0.1) is 10.2 Å². The first-order valence-electron chi connectivity index (χ1n) is 9.04. The van der Waals surface area contributed by atoms with Crippen LogP contribution in [0.5, 0.6) is 0 Å². The van der Waals surface area contributed by atoms with Crippen LogP contribution in [0.4, 0.5) is 10.9 Å². The topological polar surface area (TPSA) is 50.7 Å². The van der Waals surface area contributed by atoms with Crippen LogP contribution in [-0.4, -0.2) is 15.2 Å². The fourth-order valence-electron chi connectivity index (χ4n) is 3.51. The van der Waals surface area contributed by atoms with Crippen LogP contribution in [0.25, 0.3) is 21.5 Å². The quantitative estimate of drug-likeness (QED) is 0.462. The van der Waals surface area contributed by atoms with Gasteiger partial charge >= 0.3 is 0 Å². The maximum absolute atomic E-state index is 6.04.